The zero-order chi connectivity index (χ0) is 34.1. The molecule has 0 aliphatic heterocycles. The van der Waals surface area contributed by atoms with Crippen LogP contribution in [0, 0.1) is 5.41 Å². The number of unbranched alkanes of at least 4 members (excludes halogenated alkanes) is 3. The number of aliphatic imine (C=N–C) groups is 1. The van der Waals surface area contributed by atoms with Crippen LogP contribution in [0.1, 0.15) is 112 Å². The third-order valence-corrected chi connectivity index (χ3v) is 10.8. The van der Waals surface area contributed by atoms with Crippen molar-refractivity contribution in [1.29, 1.82) is 0 Å². The SMILES string of the molecule is CCC(C)(C)CCC(=O)NCCSSCCNC(=O)CCN(CCCCCCNC(=O)[C@@H](N)CCCN=C(N)N)C(C)(C)CC. The topological polar surface area (TPSA) is 181 Å². The molecule has 0 radical (unpaired) electrons. The van der Waals surface area contributed by atoms with E-state index in [9.17, 15) is 14.4 Å². The maximum Gasteiger partial charge on any atom is 0.236 e. The minimum Gasteiger partial charge on any atom is -0.370 e. The summed E-state index contributed by atoms with van der Waals surface area (Å²) in [5.41, 5.74) is 16.8. The van der Waals surface area contributed by atoms with Crippen molar-refractivity contribution in [2.24, 2.45) is 27.6 Å². The number of nitrogens with zero attached hydrogens (tertiary/aromatic N) is 2. The van der Waals surface area contributed by atoms with Crippen molar-refractivity contribution in [3.63, 3.8) is 0 Å². The lowest BCUT2D eigenvalue weighted by molar-refractivity contribution is -0.123. The van der Waals surface area contributed by atoms with Gasteiger partial charge in [-0.2, -0.15) is 0 Å². The van der Waals surface area contributed by atoms with Crippen molar-refractivity contribution >= 4 is 45.3 Å². The number of carbonyl (C=O) groups excluding carboxylic acids is 3. The molecule has 9 N–H and O–H groups in total. The molecule has 0 spiro atoms. The highest BCUT2D eigenvalue weighted by atomic mass is 33.1. The second kappa shape index (κ2) is 25.4. The predicted octanol–water partition coefficient (Wildman–Crippen LogP) is 3.75. The number of carbonyl (C=O) groups is 3. The molecular weight excluding hydrogens is 609 g/mol. The number of guanidine groups is 1. The van der Waals surface area contributed by atoms with Gasteiger partial charge in [-0.15, -0.1) is 0 Å². The molecule has 45 heavy (non-hydrogen) atoms. The second-order valence-corrected chi connectivity index (χ2v) is 15.7. The average Bonchev–Trinajstić information content (AvgIpc) is 2.99. The molecule has 1 atom stereocenters. The van der Waals surface area contributed by atoms with E-state index in [-0.39, 0.29) is 34.6 Å². The molecule has 0 bridgehead atoms. The number of nitrogens with two attached hydrogens (primary N) is 3. The van der Waals surface area contributed by atoms with E-state index in [2.05, 4.69) is 67.4 Å². The Balaban J connectivity index is 4.05. The standard InChI is InChI=1S/C32H66N8O3S2/c1-7-31(3,4)17-15-27(41)36-20-24-44-45-25-21-37-28(42)16-23-40(32(5,6)8-2)22-12-10-9-11-18-38-29(43)26(33)14-13-19-39-30(34)35/h26H,7-25,33H2,1-6H3,(H,36,41)(H,37,42)(H,38,43)(H4,34,35,39)/t26-/m0/s1. The lowest BCUT2D eigenvalue weighted by atomic mass is 9.85. The summed E-state index contributed by atoms with van der Waals surface area (Å²) >= 11 is 0. The minimum absolute atomic E-state index is 0.0275. The Morgan fingerprint density at radius 3 is 1.96 bits per heavy atom. The molecule has 0 saturated carbocycles. The lowest BCUT2D eigenvalue weighted by Crippen LogP contribution is -2.45. The molecular formula is C32H66N8O3S2. The molecule has 0 aromatic rings. The van der Waals surface area contributed by atoms with Crippen LogP contribution < -0.4 is 33.2 Å². The quantitative estimate of drug-likeness (QED) is 0.0312. The predicted molar refractivity (Wildman–Crippen MR) is 194 cm³/mol. The van der Waals surface area contributed by atoms with Crippen molar-refractivity contribution in [2.45, 2.75) is 124 Å². The first-order valence-electron chi connectivity index (χ1n) is 16.9. The molecule has 13 heteroatoms. The van der Waals surface area contributed by atoms with Crippen molar-refractivity contribution in [3.05, 3.63) is 0 Å². The van der Waals surface area contributed by atoms with Gasteiger partial charge in [0, 0.05) is 62.6 Å². The van der Waals surface area contributed by atoms with E-state index >= 15 is 0 Å². The molecule has 0 fully saturated rings. The Hall–Kier alpha value is -1.70. The number of hydrogen-bond donors (Lipinski definition) is 6. The monoisotopic (exact) mass is 674 g/mol. The van der Waals surface area contributed by atoms with Crippen molar-refractivity contribution in [3.8, 4) is 0 Å². The van der Waals surface area contributed by atoms with Gasteiger partial charge in [-0.25, -0.2) is 0 Å². The molecule has 3 amide bonds. The van der Waals surface area contributed by atoms with E-state index in [4.69, 9.17) is 17.2 Å². The maximum atomic E-state index is 12.5. The number of nitrogens with one attached hydrogen (secondary N) is 3. The summed E-state index contributed by atoms with van der Waals surface area (Å²) in [5.74, 6) is 1.83. The summed E-state index contributed by atoms with van der Waals surface area (Å²) in [5, 5.41) is 8.98. The largest absolute Gasteiger partial charge is 0.370 e. The van der Waals surface area contributed by atoms with Gasteiger partial charge < -0.3 is 33.2 Å². The summed E-state index contributed by atoms with van der Waals surface area (Å²) in [6.07, 6.45) is 9.33. The van der Waals surface area contributed by atoms with Gasteiger partial charge in [0.05, 0.1) is 6.04 Å². The Kier molecular flexibility index (Phi) is 24.4. The average molecular weight is 675 g/mol. The molecule has 0 unspecified atom stereocenters. The van der Waals surface area contributed by atoms with E-state index in [1.165, 1.54) is 0 Å². The molecule has 264 valence electrons. The van der Waals surface area contributed by atoms with Crippen molar-refractivity contribution < 1.29 is 14.4 Å². The van der Waals surface area contributed by atoms with E-state index in [0.717, 1.165) is 69.5 Å². The van der Waals surface area contributed by atoms with E-state index < -0.39 is 6.04 Å². The molecule has 0 saturated heterocycles. The van der Waals surface area contributed by atoms with Gasteiger partial charge in [-0.05, 0) is 64.3 Å². The van der Waals surface area contributed by atoms with Gasteiger partial charge in [-0.1, -0.05) is 68.5 Å². The highest BCUT2D eigenvalue weighted by molar-refractivity contribution is 8.76. The van der Waals surface area contributed by atoms with Crippen LogP contribution in [0.5, 0.6) is 0 Å². The smallest absolute Gasteiger partial charge is 0.236 e. The van der Waals surface area contributed by atoms with Gasteiger partial charge in [0.15, 0.2) is 5.96 Å². The number of hydrogen-bond acceptors (Lipinski definition) is 8. The Morgan fingerprint density at radius 2 is 1.38 bits per heavy atom. The van der Waals surface area contributed by atoms with Gasteiger partial charge in [-0.3, -0.25) is 24.3 Å². The normalized spacial score (nSPS) is 12.5. The van der Waals surface area contributed by atoms with Crippen LogP contribution in [-0.2, 0) is 14.4 Å². The van der Waals surface area contributed by atoms with Crippen LogP contribution in [0.15, 0.2) is 4.99 Å². The summed E-state index contributed by atoms with van der Waals surface area (Å²) in [6, 6.07) is -0.544. The van der Waals surface area contributed by atoms with Crippen LogP contribution in [0.3, 0.4) is 0 Å². The minimum atomic E-state index is -0.544. The number of amides is 3. The van der Waals surface area contributed by atoms with E-state index in [0.29, 0.717) is 51.9 Å². The summed E-state index contributed by atoms with van der Waals surface area (Å²) in [7, 11) is 3.45. The van der Waals surface area contributed by atoms with Crippen LogP contribution in [-0.4, -0.2) is 90.9 Å². The Bertz CT molecular complexity index is 854. The maximum absolute atomic E-state index is 12.5. The van der Waals surface area contributed by atoms with Crippen molar-refractivity contribution in [1.82, 2.24) is 20.9 Å². The number of rotatable bonds is 28. The highest BCUT2D eigenvalue weighted by Crippen LogP contribution is 2.26. The zero-order valence-electron chi connectivity index (χ0n) is 29.2. The van der Waals surface area contributed by atoms with E-state index in [1.54, 1.807) is 21.6 Å². The van der Waals surface area contributed by atoms with Gasteiger partial charge >= 0.3 is 0 Å². The molecule has 0 aromatic carbocycles. The zero-order valence-corrected chi connectivity index (χ0v) is 30.8. The first-order chi connectivity index (χ1) is 21.2. The summed E-state index contributed by atoms with van der Waals surface area (Å²) in [6.45, 7) is 17.3. The van der Waals surface area contributed by atoms with Crippen LogP contribution >= 0.6 is 21.6 Å². The fourth-order valence-electron chi connectivity index (χ4n) is 4.34. The first kappa shape index (κ1) is 43.3. The first-order valence-corrected chi connectivity index (χ1v) is 19.3. The second-order valence-electron chi connectivity index (χ2n) is 13.0. The molecule has 0 aliphatic rings. The fourth-order valence-corrected chi connectivity index (χ4v) is 6.15. The Morgan fingerprint density at radius 1 is 0.778 bits per heavy atom. The van der Waals surface area contributed by atoms with Crippen LogP contribution in [0.4, 0.5) is 0 Å². The van der Waals surface area contributed by atoms with Gasteiger partial charge in [0.1, 0.15) is 0 Å². The highest BCUT2D eigenvalue weighted by Gasteiger charge is 2.24. The molecule has 0 aromatic heterocycles. The van der Waals surface area contributed by atoms with Gasteiger partial charge in [0.2, 0.25) is 17.7 Å². The molecule has 0 heterocycles. The molecule has 0 rings (SSSR count). The summed E-state index contributed by atoms with van der Waals surface area (Å²) in [4.78, 5) is 43.0. The third-order valence-electron chi connectivity index (χ3n) is 8.37. The van der Waals surface area contributed by atoms with Crippen LogP contribution in [0.25, 0.3) is 0 Å². The molecule has 0 aliphatic carbocycles. The lowest BCUT2D eigenvalue weighted by Gasteiger charge is -2.38. The summed E-state index contributed by atoms with van der Waals surface area (Å²) < 4.78 is 0. The van der Waals surface area contributed by atoms with Crippen molar-refractivity contribution in [2.75, 3.05) is 50.8 Å². The third kappa shape index (κ3) is 24.2. The van der Waals surface area contributed by atoms with Gasteiger partial charge in [0.25, 0.3) is 0 Å². The Labute approximate surface area is 282 Å². The fraction of sp³-hybridized carbons (Fsp3) is 0.875. The van der Waals surface area contributed by atoms with Crippen LogP contribution in [0.2, 0.25) is 0 Å². The van der Waals surface area contributed by atoms with E-state index in [1.807, 2.05) is 0 Å². The molecule has 11 nitrogen and oxygen atoms in total.